The minimum absolute atomic E-state index is 0.232. The van der Waals surface area contributed by atoms with Crippen LogP contribution in [0.25, 0.3) is 0 Å². The Morgan fingerprint density at radius 1 is 1.06 bits per heavy atom. The number of ether oxygens (including phenoxy) is 1. The Bertz CT molecular complexity index is 968. The monoisotopic (exact) mass is 446 g/mol. The quantitative estimate of drug-likeness (QED) is 0.522. The second kappa shape index (κ2) is 8.40. The van der Waals surface area contributed by atoms with Gasteiger partial charge in [-0.1, -0.05) is 38.8 Å². The van der Waals surface area contributed by atoms with Gasteiger partial charge in [0.2, 0.25) is 0 Å². The summed E-state index contributed by atoms with van der Waals surface area (Å²) in [4.78, 5) is 0. The summed E-state index contributed by atoms with van der Waals surface area (Å²) in [5, 5.41) is 11.2. The number of aliphatic hydroxyl groups excluding tert-OH is 1. The summed E-state index contributed by atoms with van der Waals surface area (Å²) < 4.78 is 45.5. The molecule has 2 aromatic carbocycles. The molecule has 2 aliphatic rings. The van der Waals surface area contributed by atoms with Crippen molar-refractivity contribution in [2.75, 3.05) is 0 Å². The van der Waals surface area contributed by atoms with Crippen molar-refractivity contribution < 1.29 is 23.0 Å². The van der Waals surface area contributed by atoms with E-state index in [0.717, 1.165) is 53.7 Å². The Hall–Kier alpha value is -2.01. The van der Waals surface area contributed by atoms with Gasteiger partial charge in [-0.15, -0.1) is 0 Å². The molecule has 32 heavy (non-hydrogen) atoms. The van der Waals surface area contributed by atoms with Crippen molar-refractivity contribution in [3.8, 4) is 5.75 Å². The summed E-state index contributed by atoms with van der Waals surface area (Å²) in [5.74, 6) is 1.36. The lowest BCUT2D eigenvalue weighted by Gasteiger charge is -2.39. The molecule has 1 heterocycles. The molecule has 0 saturated heterocycles. The Kier molecular flexibility index (Phi) is 6.08. The molecule has 0 spiro atoms. The number of halogens is 3. The normalized spacial score (nSPS) is 21.0. The number of alkyl halides is 3. The molecular formula is C27H33F3O2. The number of hydrogen-bond acceptors (Lipinski definition) is 2. The first-order chi connectivity index (χ1) is 15.0. The number of fused-ring (bicyclic) bond motifs is 1. The van der Waals surface area contributed by atoms with Crippen molar-refractivity contribution in [1.82, 2.24) is 0 Å². The molecule has 1 aliphatic carbocycles. The standard InChI is InChI=1S/C27H33F3O2/c1-16(2)20-14-23-25(22(31)15-26(3,4)32-23)24(18-7-5-6-8-18)21(20)13-17-9-11-19(12-10-17)27(28,29)30/h9-12,14,16,18,22,31H,5-8,13,15H2,1-4H3/t22-/m0/s1. The molecular weight excluding hydrogens is 413 g/mol. The summed E-state index contributed by atoms with van der Waals surface area (Å²) in [6, 6.07) is 7.57. The molecule has 1 aliphatic heterocycles. The van der Waals surface area contributed by atoms with Crippen LogP contribution < -0.4 is 4.74 Å². The van der Waals surface area contributed by atoms with Gasteiger partial charge in [0.05, 0.1) is 11.7 Å². The summed E-state index contributed by atoms with van der Waals surface area (Å²) in [6.07, 6.45) is 0.615. The van der Waals surface area contributed by atoms with E-state index in [-0.39, 0.29) is 5.92 Å². The minimum atomic E-state index is -4.34. The molecule has 0 aromatic heterocycles. The summed E-state index contributed by atoms with van der Waals surface area (Å²) in [7, 11) is 0. The maximum Gasteiger partial charge on any atom is 0.416 e. The molecule has 1 atom stereocenters. The summed E-state index contributed by atoms with van der Waals surface area (Å²) in [5.41, 5.74) is 4.20. The highest BCUT2D eigenvalue weighted by atomic mass is 19.4. The first-order valence-electron chi connectivity index (χ1n) is 11.7. The average Bonchev–Trinajstić information content (AvgIpc) is 3.21. The van der Waals surface area contributed by atoms with Crippen LogP contribution >= 0.6 is 0 Å². The zero-order chi connectivity index (χ0) is 23.3. The Labute approximate surface area is 188 Å². The molecule has 2 aromatic rings. The van der Waals surface area contributed by atoms with E-state index in [1.807, 2.05) is 13.8 Å². The van der Waals surface area contributed by atoms with Crippen LogP contribution in [0.2, 0.25) is 0 Å². The van der Waals surface area contributed by atoms with Crippen LogP contribution in [0.15, 0.2) is 30.3 Å². The van der Waals surface area contributed by atoms with Gasteiger partial charge in [0.15, 0.2) is 0 Å². The van der Waals surface area contributed by atoms with Gasteiger partial charge >= 0.3 is 6.18 Å². The lowest BCUT2D eigenvalue weighted by atomic mass is 9.77. The third-order valence-electron chi connectivity index (χ3n) is 6.97. The van der Waals surface area contributed by atoms with E-state index in [1.54, 1.807) is 12.1 Å². The number of benzene rings is 2. The van der Waals surface area contributed by atoms with Gasteiger partial charge in [-0.25, -0.2) is 0 Å². The fourth-order valence-electron chi connectivity index (χ4n) is 5.50. The zero-order valence-corrected chi connectivity index (χ0v) is 19.4. The molecule has 4 rings (SSSR count). The first kappa shape index (κ1) is 23.2. The van der Waals surface area contributed by atoms with Crippen LogP contribution in [0.4, 0.5) is 13.2 Å². The summed E-state index contributed by atoms with van der Waals surface area (Å²) >= 11 is 0. The van der Waals surface area contributed by atoms with E-state index in [1.165, 1.54) is 17.7 Å². The van der Waals surface area contributed by atoms with E-state index < -0.39 is 23.4 Å². The fourth-order valence-corrected chi connectivity index (χ4v) is 5.50. The van der Waals surface area contributed by atoms with Crippen molar-refractivity contribution in [2.24, 2.45) is 0 Å². The predicted octanol–water partition coefficient (Wildman–Crippen LogP) is 7.67. The second-order valence-electron chi connectivity index (χ2n) is 10.4. The van der Waals surface area contributed by atoms with Crippen LogP contribution in [-0.2, 0) is 12.6 Å². The van der Waals surface area contributed by atoms with Crippen molar-refractivity contribution in [3.05, 3.63) is 63.7 Å². The van der Waals surface area contributed by atoms with Gasteiger partial charge in [-0.2, -0.15) is 13.2 Å². The maximum atomic E-state index is 13.0. The maximum absolute atomic E-state index is 13.0. The first-order valence-corrected chi connectivity index (χ1v) is 11.7. The molecule has 5 heteroatoms. The van der Waals surface area contributed by atoms with Crippen LogP contribution in [0.3, 0.4) is 0 Å². The molecule has 0 bridgehead atoms. The minimum Gasteiger partial charge on any atom is -0.487 e. The van der Waals surface area contributed by atoms with Crippen molar-refractivity contribution in [3.63, 3.8) is 0 Å². The van der Waals surface area contributed by atoms with Crippen molar-refractivity contribution in [1.29, 1.82) is 0 Å². The molecule has 0 radical (unpaired) electrons. The van der Waals surface area contributed by atoms with Gasteiger partial charge < -0.3 is 9.84 Å². The van der Waals surface area contributed by atoms with Crippen LogP contribution in [0.1, 0.15) is 111 Å². The SMILES string of the molecule is CC(C)c1cc2c(c(C3CCCC3)c1Cc1ccc(C(F)(F)F)cc1)[C@@H](O)CC(C)(C)O2. The van der Waals surface area contributed by atoms with Gasteiger partial charge in [0.1, 0.15) is 11.4 Å². The van der Waals surface area contributed by atoms with E-state index in [0.29, 0.717) is 18.8 Å². The Balaban J connectivity index is 1.86. The lowest BCUT2D eigenvalue weighted by Crippen LogP contribution is -2.36. The van der Waals surface area contributed by atoms with E-state index in [2.05, 4.69) is 19.9 Å². The highest BCUT2D eigenvalue weighted by Crippen LogP contribution is 2.50. The van der Waals surface area contributed by atoms with Crippen molar-refractivity contribution in [2.45, 2.75) is 95.9 Å². The van der Waals surface area contributed by atoms with Gasteiger partial charge in [-0.05, 0) is 85.4 Å². The second-order valence-corrected chi connectivity index (χ2v) is 10.4. The highest BCUT2D eigenvalue weighted by Gasteiger charge is 2.38. The third-order valence-corrected chi connectivity index (χ3v) is 6.97. The van der Waals surface area contributed by atoms with E-state index in [9.17, 15) is 18.3 Å². The molecule has 2 nitrogen and oxygen atoms in total. The van der Waals surface area contributed by atoms with Gasteiger partial charge in [0.25, 0.3) is 0 Å². The van der Waals surface area contributed by atoms with E-state index >= 15 is 0 Å². The number of hydrogen-bond donors (Lipinski definition) is 1. The molecule has 174 valence electrons. The third kappa shape index (κ3) is 4.54. The smallest absolute Gasteiger partial charge is 0.416 e. The lowest BCUT2D eigenvalue weighted by molar-refractivity contribution is -0.137. The highest BCUT2D eigenvalue weighted by molar-refractivity contribution is 5.56. The van der Waals surface area contributed by atoms with Gasteiger partial charge in [-0.3, -0.25) is 0 Å². The molecule has 0 unspecified atom stereocenters. The van der Waals surface area contributed by atoms with Crippen LogP contribution in [-0.4, -0.2) is 10.7 Å². The molecule has 1 fully saturated rings. The fraction of sp³-hybridized carbons (Fsp3) is 0.556. The average molecular weight is 447 g/mol. The van der Waals surface area contributed by atoms with Crippen molar-refractivity contribution >= 4 is 0 Å². The largest absolute Gasteiger partial charge is 0.487 e. The van der Waals surface area contributed by atoms with Crippen LogP contribution in [0.5, 0.6) is 5.75 Å². The van der Waals surface area contributed by atoms with E-state index in [4.69, 9.17) is 4.74 Å². The number of aliphatic hydroxyl groups is 1. The molecule has 1 saturated carbocycles. The summed E-state index contributed by atoms with van der Waals surface area (Å²) in [6.45, 7) is 8.28. The Morgan fingerprint density at radius 2 is 1.69 bits per heavy atom. The Morgan fingerprint density at radius 3 is 2.25 bits per heavy atom. The molecule has 0 amide bonds. The zero-order valence-electron chi connectivity index (χ0n) is 19.4. The van der Waals surface area contributed by atoms with Gasteiger partial charge in [0, 0.05) is 12.0 Å². The molecule has 1 N–H and O–H groups in total. The topological polar surface area (TPSA) is 29.5 Å². The van der Waals surface area contributed by atoms with Crippen LogP contribution in [0, 0.1) is 0 Å². The predicted molar refractivity (Wildman–Crippen MR) is 120 cm³/mol. The number of rotatable bonds is 4.